The van der Waals surface area contributed by atoms with E-state index in [9.17, 15) is 26.4 Å². The molecule has 134 valence electrons. The van der Waals surface area contributed by atoms with Crippen molar-refractivity contribution in [3.63, 3.8) is 0 Å². The first kappa shape index (κ1) is 18.7. The minimum atomic E-state index is -5.75. The van der Waals surface area contributed by atoms with Crippen molar-refractivity contribution >= 4 is 21.4 Å². The van der Waals surface area contributed by atoms with Gasteiger partial charge in [0.15, 0.2) is 5.03 Å². The first-order valence-electron chi connectivity index (χ1n) is 6.97. The van der Waals surface area contributed by atoms with Crippen LogP contribution in [-0.4, -0.2) is 31.4 Å². The number of benzene rings is 1. The van der Waals surface area contributed by atoms with Crippen LogP contribution in [0.1, 0.15) is 17.3 Å². The normalized spacial score (nSPS) is 11.8. The second-order valence-corrected chi connectivity index (χ2v) is 6.57. The molecule has 0 atom stereocenters. The first-order chi connectivity index (χ1) is 11.7. The zero-order chi connectivity index (χ0) is 18.7. The number of nitrogens with one attached hydrogen (secondary N) is 1. The number of pyridine rings is 1. The average Bonchev–Trinajstić information content (AvgIpc) is 2.56. The fraction of sp³-hybridized carbons (Fsp3) is 0.200. The van der Waals surface area contributed by atoms with Crippen LogP contribution in [0.2, 0.25) is 0 Å². The molecule has 0 spiro atoms. The molecule has 6 nitrogen and oxygen atoms in total. The molecule has 25 heavy (non-hydrogen) atoms. The van der Waals surface area contributed by atoms with Gasteiger partial charge in [-0.2, -0.15) is 13.2 Å². The van der Waals surface area contributed by atoms with Gasteiger partial charge in [-0.15, -0.1) is 0 Å². The van der Waals surface area contributed by atoms with E-state index in [4.69, 9.17) is 4.74 Å². The van der Waals surface area contributed by atoms with Crippen LogP contribution >= 0.6 is 0 Å². The van der Waals surface area contributed by atoms with Gasteiger partial charge in [0.1, 0.15) is 5.75 Å². The van der Waals surface area contributed by atoms with Gasteiger partial charge < -0.3 is 10.1 Å². The number of halogens is 3. The summed E-state index contributed by atoms with van der Waals surface area (Å²) in [6, 6.07) is 8.16. The minimum Gasteiger partial charge on any atom is -0.494 e. The smallest absolute Gasteiger partial charge is 0.494 e. The summed E-state index contributed by atoms with van der Waals surface area (Å²) in [5, 5.41) is 0.983. The summed E-state index contributed by atoms with van der Waals surface area (Å²) in [5.41, 5.74) is -6.00. The van der Waals surface area contributed by atoms with E-state index in [0.717, 1.165) is 12.3 Å². The standard InChI is InChI=1S/C15H13F3N2O4S/c1-2-24-11-7-5-10(6-8-11)20-13(21)12-4-3-9-19-14(12)25(22,23)15(16,17)18/h3-9H,2H2,1H3,(H,20,21). The van der Waals surface area contributed by atoms with Gasteiger partial charge in [-0.05, 0) is 43.3 Å². The molecule has 1 aromatic heterocycles. The maximum absolute atomic E-state index is 12.7. The minimum absolute atomic E-state index is 0.257. The third-order valence-corrected chi connectivity index (χ3v) is 4.44. The van der Waals surface area contributed by atoms with Gasteiger partial charge in [0.05, 0.1) is 12.2 Å². The number of amides is 1. The molecular weight excluding hydrogens is 361 g/mol. The van der Waals surface area contributed by atoms with Gasteiger partial charge >= 0.3 is 5.51 Å². The molecule has 0 saturated carbocycles. The predicted octanol–water partition coefficient (Wildman–Crippen LogP) is 3.03. The van der Waals surface area contributed by atoms with Crippen LogP contribution in [0.3, 0.4) is 0 Å². The predicted molar refractivity (Wildman–Crippen MR) is 83.0 cm³/mol. The molecule has 0 saturated heterocycles. The molecule has 1 amide bonds. The third kappa shape index (κ3) is 4.08. The van der Waals surface area contributed by atoms with Crippen molar-refractivity contribution in [2.75, 3.05) is 11.9 Å². The van der Waals surface area contributed by atoms with Crippen molar-refractivity contribution in [3.05, 3.63) is 48.2 Å². The maximum atomic E-state index is 12.7. The quantitative estimate of drug-likeness (QED) is 0.870. The highest BCUT2D eigenvalue weighted by Gasteiger charge is 2.49. The van der Waals surface area contributed by atoms with Crippen LogP contribution in [0.15, 0.2) is 47.6 Å². The summed E-state index contributed by atoms with van der Waals surface area (Å²) in [5.74, 6) is -0.484. The summed E-state index contributed by atoms with van der Waals surface area (Å²) < 4.78 is 66.6. The van der Waals surface area contributed by atoms with Gasteiger partial charge in [-0.25, -0.2) is 13.4 Å². The van der Waals surface area contributed by atoms with Crippen LogP contribution in [0.25, 0.3) is 0 Å². The van der Waals surface area contributed by atoms with Crippen LogP contribution in [0.5, 0.6) is 5.75 Å². The second-order valence-electron chi connectivity index (χ2n) is 4.72. The number of rotatable bonds is 5. The zero-order valence-corrected chi connectivity index (χ0v) is 13.7. The number of aromatic nitrogens is 1. The Morgan fingerprint density at radius 3 is 2.40 bits per heavy atom. The molecule has 0 unspecified atom stereocenters. The fourth-order valence-corrected chi connectivity index (χ4v) is 2.76. The zero-order valence-electron chi connectivity index (χ0n) is 12.9. The highest BCUT2D eigenvalue weighted by molar-refractivity contribution is 7.92. The third-order valence-electron chi connectivity index (χ3n) is 3.00. The summed E-state index contributed by atoms with van der Waals surface area (Å²) in [6.07, 6.45) is 0.867. The van der Waals surface area contributed by atoms with Crippen LogP contribution < -0.4 is 10.1 Å². The molecule has 0 bridgehead atoms. The Balaban J connectivity index is 2.32. The Bertz CT molecular complexity index is 865. The van der Waals surface area contributed by atoms with E-state index in [0.29, 0.717) is 12.4 Å². The summed E-state index contributed by atoms with van der Waals surface area (Å²) in [6.45, 7) is 2.24. The summed E-state index contributed by atoms with van der Waals surface area (Å²) in [7, 11) is -5.75. The molecule has 1 aromatic carbocycles. The van der Waals surface area contributed by atoms with Crippen molar-refractivity contribution in [3.8, 4) is 5.75 Å². The number of hydrogen-bond acceptors (Lipinski definition) is 5. The highest BCUT2D eigenvalue weighted by atomic mass is 32.2. The number of carbonyl (C=O) groups is 1. The number of nitrogens with zero attached hydrogens (tertiary/aromatic N) is 1. The van der Waals surface area contributed by atoms with Crippen molar-refractivity contribution in [2.24, 2.45) is 0 Å². The Morgan fingerprint density at radius 2 is 1.84 bits per heavy atom. The monoisotopic (exact) mass is 374 g/mol. The van der Waals surface area contributed by atoms with Gasteiger partial charge in [0.25, 0.3) is 15.7 Å². The lowest BCUT2D eigenvalue weighted by atomic mass is 10.2. The van der Waals surface area contributed by atoms with Crippen LogP contribution in [-0.2, 0) is 9.84 Å². The molecule has 0 aliphatic heterocycles. The molecule has 10 heteroatoms. The molecule has 0 fully saturated rings. The molecule has 0 aliphatic carbocycles. The molecule has 1 N–H and O–H groups in total. The topological polar surface area (TPSA) is 85.4 Å². The SMILES string of the molecule is CCOc1ccc(NC(=O)c2cccnc2S(=O)(=O)C(F)(F)F)cc1. The first-order valence-corrected chi connectivity index (χ1v) is 8.45. The van der Waals surface area contributed by atoms with Crippen molar-refractivity contribution in [1.29, 1.82) is 0 Å². The van der Waals surface area contributed by atoms with E-state index in [2.05, 4.69) is 10.3 Å². The lowest BCUT2D eigenvalue weighted by Gasteiger charge is -2.12. The lowest BCUT2D eigenvalue weighted by Crippen LogP contribution is -2.27. The Morgan fingerprint density at radius 1 is 1.20 bits per heavy atom. The Hall–Kier alpha value is -2.62. The van der Waals surface area contributed by atoms with Gasteiger partial charge in [-0.1, -0.05) is 0 Å². The van der Waals surface area contributed by atoms with Crippen LogP contribution in [0.4, 0.5) is 18.9 Å². The summed E-state index contributed by atoms with van der Waals surface area (Å²) in [4.78, 5) is 15.4. The van der Waals surface area contributed by atoms with Crippen molar-refractivity contribution in [2.45, 2.75) is 17.5 Å². The van der Waals surface area contributed by atoms with Crippen molar-refractivity contribution in [1.82, 2.24) is 4.98 Å². The van der Waals surface area contributed by atoms with E-state index in [-0.39, 0.29) is 5.69 Å². The van der Waals surface area contributed by atoms with E-state index in [1.807, 2.05) is 0 Å². The molecule has 1 heterocycles. The number of sulfone groups is 1. The number of carbonyl (C=O) groups excluding carboxylic acids is 1. The number of anilines is 1. The fourth-order valence-electron chi connectivity index (χ4n) is 1.89. The number of alkyl halides is 3. The van der Waals surface area contributed by atoms with Crippen molar-refractivity contribution < 1.29 is 31.1 Å². The maximum Gasteiger partial charge on any atom is 0.503 e. The largest absolute Gasteiger partial charge is 0.503 e. The Labute approximate surface area is 141 Å². The average molecular weight is 374 g/mol. The highest BCUT2D eigenvalue weighted by Crippen LogP contribution is 2.31. The van der Waals surface area contributed by atoms with Crippen LogP contribution in [0, 0.1) is 0 Å². The van der Waals surface area contributed by atoms with E-state index >= 15 is 0 Å². The van der Waals surface area contributed by atoms with Gasteiger partial charge in [-0.3, -0.25) is 4.79 Å². The number of hydrogen-bond donors (Lipinski definition) is 1. The molecular formula is C15H13F3N2O4S. The lowest BCUT2D eigenvalue weighted by molar-refractivity contribution is -0.0438. The Kier molecular flexibility index (Phi) is 5.31. The summed E-state index contributed by atoms with van der Waals surface area (Å²) >= 11 is 0. The van der Waals surface area contributed by atoms with E-state index in [1.54, 1.807) is 19.1 Å². The number of ether oxygens (including phenoxy) is 1. The van der Waals surface area contributed by atoms with Gasteiger partial charge in [0.2, 0.25) is 0 Å². The van der Waals surface area contributed by atoms with Gasteiger partial charge in [0, 0.05) is 11.9 Å². The molecule has 0 radical (unpaired) electrons. The van der Waals surface area contributed by atoms with E-state index in [1.165, 1.54) is 18.2 Å². The molecule has 2 aromatic rings. The second kappa shape index (κ2) is 7.09. The molecule has 0 aliphatic rings. The van der Waals surface area contributed by atoms with E-state index < -0.39 is 31.8 Å². The molecule has 2 rings (SSSR count).